The predicted octanol–water partition coefficient (Wildman–Crippen LogP) is -0.409. The maximum absolute atomic E-state index is 11.8. The maximum Gasteiger partial charge on any atom is 0.326 e. The molecular weight excluding hydrogens is 274 g/mol. The summed E-state index contributed by atoms with van der Waals surface area (Å²) < 4.78 is 1.15. The lowest BCUT2D eigenvalue weighted by Crippen LogP contribution is -2.42. The highest BCUT2D eigenvalue weighted by molar-refractivity contribution is 5.96. The highest BCUT2D eigenvalue weighted by Crippen LogP contribution is 2.15. The zero-order valence-corrected chi connectivity index (χ0v) is 10.3. The van der Waals surface area contributed by atoms with E-state index in [0.29, 0.717) is 0 Å². The van der Waals surface area contributed by atoms with Gasteiger partial charge in [-0.15, -0.1) is 0 Å². The van der Waals surface area contributed by atoms with Gasteiger partial charge in [0, 0.05) is 13.1 Å². The molecule has 0 saturated carbocycles. The second-order valence-electron chi connectivity index (χ2n) is 3.91. The van der Waals surface area contributed by atoms with E-state index in [9.17, 15) is 24.5 Å². The van der Waals surface area contributed by atoms with Gasteiger partial charge in [0.2, 0.25) is 0 Å². The molecule has 1 aromatic rings. The second kappa shape index (κ2) is 5.82. The topological polar surface area (TPSA) is 152 Å². The van der Waals surface area contributed by atoms with Gasteiger partial charge in [0.05, 0.1) is 17.5 Å². The number of aromatic nitrogens is 1. The number of nitro groups is 1. The molecule has 108 valence electrons. The molecule has 0 saturated heterocycles. The molecule has 10 heteroatoms. The Hall–Kier alpha value is -2.91. The zero-order chi connectivity index (χ0) is 15.4. The summed E-state index contributed by atoms with van der Waals surface area (Å²) in [4.78, 5) is 42.9. The molecule has 0 unspecified atom stereocenters. The number of amides is 1. The monoisotopic (exact) mass is 285 g/mol. The third-order valence-corrected chi connectivity index (χ3v) is 2.42. The quantitative estimate of drug-likeness (QED) is 0.474. The van der Waals surface area contributed by atoms with Gasteiger partial charge >= 0.3 is 11.9 Å². The summed E-state index contributed by atoms with van der Waals surface area (Å²) in [5.74, 6) is -3.81. The van der Waals surface area contributed by atoms with Crippen molar-refractivity contribution < 1.29 is 29.5 Å². The number of hydrogen-bond donors (Lipinski definition) is 3. The highest BCUT2D eigenvalue weighted by Gasteiger charge is 2.25. The zero-order valence-electron chi connectivity index (χ0n) is 10.3. The first-order chi connectivity index (χ1) is 9.22. The van der Waals surface area contributed by atoms with Crippen LogP contribution in [0, 0.1) is 10.1 Å². The van der Waals surface area contributed by atoms with Crippen LogP contribution < -0.4 is 5.32 Å². The largest absolute Gasteiger partial charge is 0.481 e. The molecule has 0 aliphatic heterocycles. The molecule has 0 radical (unpaired) electrons. The lowest BCUT2D eigenvalue weighted by Gasteiger charge is -2.12. The smallest absolute Gasteiger partial charge is 0.326 e. The number of carbonyl (C=O) groups excluding carboxylic acids is 1. The van der Waals surface area contributed by atoms with Gasteiger partial charge < -0.3 is 20.1 Å². The van der Waals surface area contributed by atoms with Gasteiger partial charge in [0.15, 0.2) is 0 Å². The Morgan fingerprint density at radius 3 is 2.45 bits per heavy atom. The number of carbonyl (C=O) groups is 3. The summed E-state index contributed by atoms with van der Waals surface area (Å²) in [6.45, 7) is 0. The normalized spacial score (nSPS) is 11.7. The molecule has 0 spiro atoms. The van der Waals surface area contributed by atoms with Crippen LogP contribution in [0.3, 0.4) is 0 Å². The molecule has 0 aromatic carbocycles. The van der Waals surface area contributed by atoms with E-state index in [1.165, 1.54) is 7.05 Å². The Labute approximate surface area is 111 Å². The molecule has 0 aliphatic rings. The fraction of sp³-hybridized carbons (Fsp3) is 0.300. The van der Waals surface area contributed by atoms with Crippen LogP contribution in [0.15, 0.2) is 12.3 Å². The lowest BCUT2D eigenvalue weighted by atomic mass is 10.2. The first-order valence-corrected chi connectivity index (χ1v) is 5.28. The minimum absolute atomic E-state index is 0.145. The van der Waals surface area contributed by atoms with Crippen molar-refractivity contribution in [3.63, 3.8) is 0 Å². The molecule has 1 atom stereocenters. The average Bonchev–Trinajstić information content (AvgIpc) is 2.69. The van der Waals surface area contributed by atoms with Gasteiger partial charge in [0.25, 0.3) is 11.6 Å². The Morgan fingerprint density at radius 1 is 1.45 bits per heavy atom. The summed E-state index contributed by atoms with van der Waals surface area (Å²) in [6.07, 6.45) is 0.287. The molecule has 1 heterocycles. The number of aryl methyl sites for hydroxylation is 1. The SMILES string of the molecule is Cn1cc([N+](=O)[O-])cc1C(=O)N[C@@H](CC(=O)O)C(=O)O. The number of carboxylic acids is 2. The molecule has 3 N–H and O–H groups in total. The molecule has 1 amide bonds. The summed E-state index contributed by atoms with van der Waals surface area (Å²) in [7, 11) is 1.37. The summed E-state index contributed by atoms with van der Waals surface area (Å²) in [5, 5.41) is 29.9. The molecule has 10 nitrogen and oxygen atoms in total. The van der Waals surface area contributed by atoms with Gasteiger partial charge in [0.1, 0.15) is 11.7 Å². The van der Waals surface area contributed by atoms with Crippen LogP contribution in [0.1, 0.15) is 16.9 Å². The number of nitrogens with one attached hydrogen (secondary N) is 1. The van der Waals surface area contributed by atoms with Crippen molar-refractivity contribution >= 4 is 23.5 Å². The average molecular weight is 285 g/mol. The van der Waals surface area contributed by atoms with Crippen molar-refractivity contribution in [1.82, 2.24) is 9.88 Å². The third-order valence-electron chi connectivity index (χ3n) is 2.42. The first kappa shape index (κ1) is 15.1. The number of aliphatic carboxylic acids is 2. The molecule has 0 bridgehead atoms. The molecule has 0 fully saturated rings. The van der Waals surface area contributed by atoms with Crippen molar-refractivity contribution in [1.29, 1.82) is 0 Å². The summed E-state index contributed by atoms with van der Waals surface area (Å²) >= 11 is 0. The van der Waals surface area contributed by atoms with Crippen LogP contribution in [-0.4, -0.2) is 43.6 Å². The first-order valence-electron chi connectivity index (χ1n) is 5.28. The van der Waals surface area contributed by atoms with Crippen LogP contribution in [0.2, 0.25) is 0 Å². The Kier molecular flexibility index (Phi) is 4.41. The van der Waals surface area contributed by atoms with Crippen molar-refractivity contribution in [2.75, 3.05) is 0 Å². The van der Waals surface area contributed by atoms with Gasteiger partial charge in [-0.25, -0.2) is 4.79 Å². The van der Waals surface area contributed by atoms with Gasteiger partial charge in [-0.3, -0.25) is 19.7 Å². The van der Waals surface area contributed by atoms with Gasteiger partial charge in [-0.1, -0.05) is 0 Å². The Bertz CT molecular complexity index is 577. The lowest BCUT2D eigenvalue weighted by molar-refractivity contribution is -0.384. The number of hydrogen-bond acceptors (Lipinski definition) is 5. The Balaban J connectivity index is 2.91. The van der Waals surface area contributed by atoms with E-state index in [0.717, 1.165) is 16.8 Å². The summed E-state index contributed by atoms with van der Waals surface area (Å²) in [6, 6.07) is -0.649. The fourth-order valence-electron chi connectivity index (χ4n) is 1.48. The van der Waals surface area contributed by atoms with E-state index in [1.54, 1.807) is 0 Å². The molecular formula is C10H11N3O7. The van der Waals surface area contributed by atoms with Crippen LogP contribution in [0.5, 0.6) is 0 Å². The van der Waals surface area contributed by atoms with E-state index >= 15 is 0 Å². The van der Waals surface area contributed by atoms with E-state index in [2.05, 4.69) is 0 Å². The molecule has 1 aromatic heterocycles. The van der Waals surface area contributed by atoms with E-state index in [1.807, 2.05) is 5.32 Å². The third kappa shape index (κ3) is 3.54. The molecule has 20 heavy (non-hydrogen) atoms. The second-order valence-corrected chi connectivity index (χ2v) is 3.91. The van der Waals surface area contributed by atoms with E-state index in [-0.39, 0.29) is 11.4 Å². The predicted molar refractivity (Wildman–Crippen MR) is 63.2 cm³/mol. The molecule has 1 rings (SSSR count). The van der Waals surface area contributed by atoms with E-state index < -0.39 is 35.2 Å². The number of carboxylic acid groups (broad SMARTS) is 2. The van der Waals surface area contributed by atoms with Crippen molar-refractivity contribution in [2.45, 2.75) is 12.5 Å². The van der Waals surface area contributed by atoms with Crippen LogP contribution in [-0.2, 0) is 16.6 Å². The molecule has 0 aliphatic carbocycles. The minimum atomic E-state index is -1.62. The van der Waals surface area contributed by atoms with Crippen LogP contribution in [0.25, 0.3) is 0 Å². The van der Waals surface area contributed by atoms with Gasteiger partial charge in [-0.2, -0.15) is 0 Å². The number of rotatable bonds is 6. The Morgan fingerprint density at radius 2 is 2.05 bits per heavy atom. The van der Waals surface area contributed by atoms with E-state index in [4.69, 9.17) is 10.2 Å². The minimum Gasteiger partial charge on any atom is -0.481 e. The van der Waals surface area contributed by atoms with Crippen molar-refractivity contribution in [2.24, 2.45) is 7.05 Å². The van der Waals surface area contributed by atoms with Crippen LogP contribution in [0.4, 0.5) is 5.69 Å². The number of nitrogens with zero attached hydrogens (tertiary/aromatic N) is 2. The fourth-order valence-corrected chi connectivity index (χ4v) is 1.48. The van der Waals surface area contributed by atoms with Crippen molar-refractivity contribution in [3.05, 3.63) is 28.1 Å². The van der Waals surface area contributed by atoms with Gasteiger partial charge in [-0.05, 0) is 0 Å². The highest BCUT2D eigenvalue weighted by atomic mass is 16.6. The van der Waals surface area contributed by atoms with Crippen molar-refractivity contribution in [3.8, 4) is 0 Å². The summed E-state index contributed by atoms with van der Waals surface area (Å²) in [5.41, 5.74) is -0.476. The standard InChI is InChI=1S/C10H11N3O7/c1-12-4-5(13(19)20)2-7(12)9(16)11-6(10(17)18)3-8(14)15/h2,4,6H,3H2,1H3,(H,11,16)(H,14,15)(H,17,18)/t6-/m0/s1. The maximum atomic E-state index is 11.8. The van der Waals surface area contributed by atoms with Crippen LogP contribution >= 0.6 is 0 Å².